The molecule has 0 radical (unpaired) electrons. The van der Waals surface area contributed by atoms with Gasteiger partial charge in [-0.3, -0.25) is 9.59 Å². The number of carbonyl (C=O) groups excluding carboxylic acids is 3. The summed E-state index contributed by atoms with van der Waals surface area (Å²) < 4.78 is 12.5. The predicted molar refractivity (Wildman–Crippen MR) is 129 cm³/mol. The molecular weight excluding hydrogens is 420 g/mol. The summed E-state index contributed by atoms with van der Waals surface area (Å²) in [6.45, 7) is 11.8. The van der Waals surface area contributed by atoms with E-state index in [-0.39, 0.29) is 24.8 Å². The molecule has 0 spiro atoms. The predicted octanol–water partition coefficient (Wildman–Crippen LogP) is 4.71. The van der Waals surface area contributed by atoms with Gasteiger partial charge in [0.25, 0.3) is 0 Å². The van der Waals surface area contributed by atoms with Crippen LogP contribution in [0.2, 0.25) is 0 Å². The Morgan fingerprint density at radius 3 is 2.36 bits per heavy atom. The summed E-state index contributed by atoms with van der Waals surface area (Å²) in [4.78, 5) is 40.7. The van der Waals surface area contributed by atoms with E-state index in [1.807, 2.05) is 25.3 Å². The largest absolute Gasteiger partial charge is 0.461 e. The Morgan fingerprint density at radius 1 is 1.06 bits per heavy atom. The zero-order valence-electron chi connectivity index (χ0n) is 21.2. The van der Waals surface area contributed by atoms with Gasteiger partial charge in [-0.15, -0.1) is 0 Å². The molecule has 7 nitrogen and oxygen atoms in total. The summed E-state index contributed by atoms with van der Waals surface area (Å²) in [7, 11) is 0. The van der Waals surface area contributed by atoms with Gasteiger partial charge in [-0.2, -0.15) is 0 Å². The van der Waals surface area contributed by atoms with Gasteiger partial charge < -0.3 is 18.9 Å². The highest BCUT2D eigenvalue weighted by Gasteiger charge is 2.28. The van der Waals surface area contributed by atoms with Crippen molar-refractivity contribution in [3.05, 3.63) is 22.5 Å². The Kier molecular flexibility index (Phi) is 11.1. The lowest BCUT2D eigenvalue weighted by Crippen LogP contribution is -2.37. The fourth-order valence-electron chi connectivity index (χ4n) is 4.99. The van der Waals surface area contributed by atoms with Crippen molar-refractivity contribution in [2.75, 3.05) is 32.9 Å². The minimum absolute atomic E-state index is 0.0211. The quantitative estimate of drug-likeness (QED) is 0.227. The van der Waals surface area contributed by atoms with Crippen LogP contribution < -0.4 is 0 Å². The molecule has 0 atom stereocenters. The smallest absolute Gasteiger partial charge is 0.355 e. The first-order valence-corrected chi connectivity index (χ1v) is 12.6. The van der Waals surface area contributed by atoms with Gasteiger partial charge >= 0.3 is 5.97 Å². The lowest BCUT2D eigenvalue weighted by Gasteiger charge is -2.23. The molecular formula is C26H42N2O5. The van der Waals surface area contributed by atoms with Gasteiger partial charge in [-0.25, -0.2) is 4.79 Å². The summed E-state index contributed by atoms with van der Waals surface area (Å²) >= 11 is 0. The van der Waals surface area contributed by atoms with Gasteiger partial charge in [0.2, 0.25) is 5.91 Å². The molecule has 186 valence electrons. The zero-order chi connectivity index (χ0) is 24.4. The molecule has 1 amide bonds. The zero-order valence-corrected chi connectivity index (χ0v) is 21.2. The van der Waals surface area contributed by atoms with E-state index in [4.69, 9.17) is 9.47 Å². The van der Waals surface area contributed by atoms with E-state index in [0.29, 0.717) is 61.9 Å². The molecule has 0 bridgehead atoms. The van der Waals surface area contributed by atoms with Crippen molar-refractivity contribution in [3.63, 3.8) is 0 Å². The molecule has 1 saturated carbocycles. The molecule has 1 aromatic rings. The molecule has 1 heterocycles. The van der Waals surface area contributed by atoms with Crippen LogP contribution >= 0.6 is 0 Å². The standard InChI is InChI=1S/C26H42N2O5/c1-6-28-20(5)24(19(4)25(28)26(31)33-8-3)22(29)18-27(16-11-17-32-7-2)23(30)15-14-21-12-9-10-13-21/h21H,6-18H2,1-5H3. The van der Waals surface area contributed by atoms with Crippen LogP contribution in [0.1, 0.15) is 97.8 Å². The van der Waals surface area contributed by atoms with Crippen LogP contribution in [0, 0.1) is 19.8 Å². The number of rotatable bonds is 14. The number of aromatic nitrogens is 1. The first-order valence-electron chi connectivity index (χ1n) is 12.6. The average molecular weight is 463 g/mol. The van der Waals surface area contributed by atoms with Crippen LogP contribution in [0.25, 0.3) is 0 Å². The van der Waals surface area contributed by atoms with Crippen molar-refractivity contribution in [3.8, 4) is 0 Å². The van der Waals surface area contributed by atoms with E-state index in [9.17, 15) is 14.4 Å². The van der Waals surface area contributed by atoms with Crippen LogP contribution in [0.5, 0.6) is 0 Å². The van der Waals surface area contributed by atoms with Crippen LogP contribution in [-0.2, 0) is 20.8 Å². The molecule has 0 saturated heterocycles. The van der Waals surface area contributed by atoms with Crippen molar-refractivity contribution < 1.29 is 23.9 Å². The third kappa shape index (κ3) is 7.16. The first kappa shape index (κ1) is 27.1. The lowest BCUT2D eigenvalue weighted by molar-refractivity contribution is -0.131. The number of esters is 1. The van der Waals surface area contributed by atoms with Gasteiger partial charge in [0, 0.05) is 44.0 Å². The van der Waals surface area contributed by atoms with Crippen LogP contribution in [-0.4, -0.2) is 60.0 Å². The van der Waals surface area contributed by atoms with Gasteiger partial charge in [0.1, 0.15) is 5.69 Å². The molecule has 1 aromatic heterocycles. The van der Waals surface area contributed by atoms with E-state index < -0.39 is 5.97 Å². The van der Waals surface area contributed by atoms with Gasteiger partial charge in [-0.1, -0.05) is 25.7 Å². The van der Waals surface area contributed by atoms with Crippen molar-refractivity contribution in [2.45, 2.75) is 86.1 Å². The number of hydrogen-bond donors (Lipinski definition) is 0. The highest BCUT2D eigenvalue weighted by atomic mass is 16.5. The Bertz CT molecular complexity index is 808. The van der Waals surface area contributed by atoms with E-state index in [2.05, 4.69) is 0 Å². The maximum absolute atomic E-state index is 13.4. The summed E-state index contributed by atoms with van der Waals surface area (Å²) in [6, 6.07) is 0. The van der Waals surface area contributed by atoms with Gasteiger partial charge in [0.15, 0.2) is 5.78 Å². The number of ketones is 1. The number of Topliss-reactive ketones (excluding diaryl/α,β-unsaturated/α-hetero) is 1. The normalized spacial score (nSPS) is 14.0. The Balaban J connectivity index is 2.19. The molecule has 1 fully saturated rings. The number of carbonyl (C=O) groups is 3. The molecule has 1 aliphatic rings. The van der Waals surface area contributed by atoms with Crippen LogP contribution in [0.4, 0.5) is 0 Å². The number of amides is 1. The van der Waals surface area contributed by atoms with Crippen molar-refractivity contribution in [1.29, 1.82) is 0 Å². The van der Waals surface area contributed by atoms with Crippen LogP contribution in [0.3, 0.4) is 0 Å². The minimum atomic E-state index is -0.416. The minimum Gasteiger partial charge on any atom is -0.461 e. The molecule has 0 unspecified atom stereocenters. The highest BCUT2D eigenvalue weighted by molar-refractivity contribution is 6.04. The second kappa shape index (κ2) is 13.5. The summed E-state index contributed by atoms with van der Waals surface area (Å²) in [6.07, 6.45) is 6.99. The maximum atomic E-state index is 13.4. The SMILES string of the molecule is CCOCCCN(CC(=O)c1c(C)c(C(=O)OCC)n(CC)c1C)C(=O)CCC1CCCC1. The lowest BCUT2D eigenvalue weighted by atomic mass is 10.0. The molecule has 0 aromatic carbocycles. The topological polar surface area (TPSA) is 77.8 Å². The number of nitrogens with zero attached hydrogens (tertiary/aromatic N) is 2. The van der Waals surface area contributed by atoms with Crippen molar-refractivity contribution >= 4 is 17.7 Å². The molecule has 1 aliphatic carbocycles. The number of hydrogen-bond acceptors (Lipinski definition) is 5. The van der Waals surface area contributed by atoms with E-state index in [1.54, 1.807) is 18.7 Å². The van der Waals surface area contributed by atoms with Gasteiger partial charge in [0.05, 0.1) is 13.2 Å². The Hall–Kier alpha value is -2.15. The molecule has 2 rings (SSSR count). The van der Waals surface area contributed by atoms with E-state index >= 15 is 0 Å². The van der Waals surface area contributed by atoms with Crippen LogP contribution in [0.15, 0.2) is 0 Å². The molecule has 0 N–H and O–H groups in total. The second-order valence-corrected chi connectivity index (χ2v) is 8.88. The Morgan fingerprint density at radius 2 is 1.76 bits per heavy atom. The second-order valence-electron chi connectivity index (χ2n) is 8.88. The highest BCUT2D eigenvalue weighted by Crippen LogP contribution is 2.29. The first-order chi connectivity index (χ1) is 15.8. The Labute approximate surface area is 198 Å². The van der Waals surface area contributed by atoms with Gasteiger partial charge in [-0.05, 0) is 58.9 Å². The van der Waals surface area contributed by atoms with E-state index in [1.165, 1.54) is 25.7 Å². The monoisotopic (exact) mass is 462 g/mol. The summed E-state index contributed by atoms with van der Waals surface area (Å²) in [5.74, 6) is 0.112. The fraction of sp³-hybridized carbons (Fsp3) is 0.731. The molecule has 0 aliphatic heterocycles. The van der Waals surface area contributed by atoms with Crippen molar-refractivity contribution in [2.24, 2.45) is 5.92 Å². The van der Waals surface area contributed by atoms with E-state index in [0.717, 1.165) is 12.1 Å². The fourth-order valence-corrected chi connectivity index (χ4v) is 4.99. The maximum Gasteiger partial charge on any atom is 0.355 e. The summed E-state index contributed by atoms with van der Waals surface area (Å²) in [5, 5.41) is 0. The average Bonchev–Trinajstić information content (AvgIpc) is 3.39. The third-order valence-corrected chi connectivity index (χ3v) is 6.68. The number of ether oxygens (including phenoxy) is 2. The van der Waals surface area contributed by atoms with Crippen molar-refractivity contribution in [1.82, 2.24) is 9.47 Å². The molecule has 33 heavy (non-hydrogen) atoms. The summed E-state index contributed by atoms with van der Waals surface area (Å²) in [5.41, 5.74) is 2.33. The molecule has 7 heteroatoms. The third-order valence-electron chi connectivity index (χ3n) is 6.68.